The fourth-order valence-electron chi connectivity index (χ4n) is 4.66. The lowest BCUT2D eigenvalue weighted by atomic mass is 9.85. The second-order valence-corrected chi connectivity index (χ2v) is 9.75. The number of carboxylic acid groups (broad SMARTS) is 1. The van der Waals surface area contributed by atoms with Gasteiger partial charge >= 0.3 is 12.0 Å². The summed E-state index contributed by atoms with van der Waals surface area (Å²) in [6.45, 7) is 4.17. The number of ether oxygens (including phenoxy) is 1. The maximum atomic E-state index is 10.9. The molecular formula is C27H27ClN4O3. The van der Waals surface area contributed by atoms with Gasteiger partial charge in [0.05, 0.1) is 16.1 Å². The fourth-order valence-corrected chi connectivity index (χ4v) is 4.93. The molecule has 1 aliphatic carbocycles. The van der Waals surface area contributed by atoms with Crippen molar-refractivity contribution in [3.8, 4) is 28.5 Å². The van der Waals surface area contributed by atoms with Gasteiger partial charge in [-0.1, -0.05) is 17.7 Å². The van der Waals surface area contributed by atoms with Crippen molar-refractivity contribution in [1.82, 2.24) is 19.9 Å². The standard InChI is InChI=1S/C27H27ClN4O3/c1-15-9-23-24(10-16(15)2)32-26(31-23)21-8-5-18(12-22(21)28)19-13-29-27(30-14-19)35-20-6-3-17(4-7-20)11-25(33)34/h5,8-10,12-14,17,20H,3-4,6-7,11H2,1-2H3,(H,31,32)(H,33,34)/t17-,20+. The van der Waals surface area contributed by atoms with Crippen molar-refractivity contribution in [2.45, 2.75) is 52.1 Å². The first-order valence-corrected chi connectivity index (χ1v) is 12.2. The van der Waals surface area contributed by atoms with E-state index in [-0.39, 0.29) is 18.4 Å². The summed E-state index contributed by atoms with van der Waals surface area (Å²) in [5, 5.41) is 9.55. The van der Waals surface area contributed by atoms with Crippen molar-refractivity contribution in [2.24, 2.45) is 5.92 Å². The molecule has 2 heterocycles. The van der Waals surface area contributed by atoms with Gasteiger partial charge < -0.3 is 14.8 Å². The van der Waals surface area contributed by atoms with Crippen LogP contribution in [0.5, 0.6) is 6.01 Å². The number of nitrogens with one attached hydrogen (secondary N) is 1. The highest BCUT2D eigenvalue weighted by molar-refractivity contribution is 6.33. The number of imidazole rings is 1. The highest BCUT2D eigenvalue weighted by Gasteiger charge is 2.24. The van der Waals surface area contributed by atoms with Gasteiger partial charge in [-0.05, 0) is 86.4 Å². The predicted octanol–water partition coefficient (Wildman–Crippen LogP) is 6.37. The molecule has 1 aliphatic rings. The third-order valence-electron chi connectivity index (χ3n) is 6.81. The molecule has 2 N–H and O–H groups in total. The fraction of sp³-hybridized carbons (Fsp3) is 0.333. The Bertz CT molecular complexity index is 1340. The van der Waals surface area contributed by atoms with Gasteiger partial charge in [0, 0.05) is 29.9 Å². The number of H-pyrrole nitrogens is 1. The molecule has 1 saturated carbocycles. The summed E-state index contributed by atoms with van der Waals surface area (Å²) >= 11 is 6.65. The normalized spacial score (nSPS) is 18.0. The zero-order valence-electron chi connectivity index (χ0n) is 19.7. The molecule has 2 aromatic carbocycles. The maximum Gasteiger partial charge on any atom is 0.316 e. The molecule has 0 radical (unpaired) electrons. The van der Waals surface area contributed by atoms with Gasteiger partial charge in [-0.2, -0.15) is 0 Å². The van der Waals surface area contributed by atoms with Gasteiger partial charge in [-0.15, -0.1) is 0 Å². The van der Waals surface area contributed by atoms with Crippen molar-refractivity contribution < 1.29 is 14.6 Å². The minimum absolute atomic E-state index is 0.0241. The second kappa shape index (κ2) is 9.66. The second-order valence-electron chi connectivity index (χ2n) is 9.35. The highest BCUT2D eigenvalue weighted by atomic mass is 35.5. The third-order valence-corrected chi connectivity index (χ3v) is 7.12. The van der Waals surface area contributed by atoms with E-state index in [0.29, 0.717) is 11.0 Å². The van der Waals surface area contributed by atoms with Crippen molar-refractivity contribution in [3.05, 3.63) is 58.9 Å². The van der Waals surface area contributed by atoms with E-state index in [9.17, 15) is 4.79 Å². The Morgan fingerprint density at radius 2 is 1.77 bits per heavy atom. The molecule has 0 spiro atoms. The molecule has 8 heteroatoms. The van der Waals surface area contributed by atoms with Crippen molar-refractivity contribution in [3.63, 3.8) is 0 Å². The van der Waals surface area contributed by atoms with E-state index in [0.717, 1.165) is 59.2 Å². The predicted molar refractivity (Wildman–Crippen MR) is 136 cm³/mol. The lowest BCUT2D eigenvalue weighted by molar-refractivity contribution is -0.138. The number of aromatic nitrogens is 4. The summed E-state index contributed by atoms with van der Waals surface area (Å²) in [4.78, 5) is 27.8. The van der Waals surface area contributed by atoms with E-state index in [1.807, 2.05) is 18.2 Å². The number of aromatic amines is 1. The van der Waals surface area contributed by atoms with E-state index in [1.165, 1.54) is 11.1 Å². The number of fused-ring (bicyclic) bond motifs is 1. The van der Waals surface area contributed by atoms with Crippen LogP contribution in [0.25, 0.3) is 33.5 Å². The van der Waals surface area contributed by atoms with Crippen LogP contribution in [0.1, 0.15) is 43.2 Å². The molecule has 5 rings (SSSR count). The summed E-state index contributed by atoms with van der Waals surface area (Å²) in [6.07, 6.45) is 7.06. The number of halogens is 1. The number of aliphatic carboxylic acids is 1. The molecule has 0 amide bonds. The van der Waals surface area contributed by atoms with Gasteiger partial charge in [0.15, 0.2) is 0 Å². The van der Waals surface area contributed by atoms with E-state index in [4.69, 9.17) is 26.4 Å². The van der Waals surface area contributed by atoms with E-state index < -0.39 is 5.97 Å². The third kappa shape index (κ3) is 5.15. The summed E-state index contributed by atoms with van der Waals surface area (Å²) < 4.78 is 5.94. The van der Waals surface area contributed by atoms with Crippen LogP contribution in [0, 0.1) is 19.8 Å². The first-order valence-electron chi connectivity index (χ1n) is 11.8. The number of benzene rings is 2. The first-order chi connectivity index (χ1) is 16.9. The molecule has 4 aromatic rings. The summed E-state index contributed by atoms with van der Waals surface area (Å²) in [6, 6.07) is 10.3. The van der Waals surface area contributed by atoms with Gasteiger partial charge in [0.1, 0.15) is 11.9 Å². The van der Waals surface area contributed by atoms with Crippen molar-refractivity contribution >= 4 is 28.6 Å². The molecule has 0 aliphatic heterocycles. The molecule has 0 bridgehead atoms. The molecule has 0 saturated heterocycles. The van der Waals surface area contributed by atoms with Crippen LogP contribution in [0.2, 0.25) is 5.02 Å². The Morgan fingerprint density at radius 1 is 1.06 bits per heavy atom. The van der Waals surface area contributed by atoms with E-state index in [1.54, 1.807) is 12.4 Å². The zero-order chi connectivity index (χ0) is 24.5. The Hall–Kier alpha value is -3.45. The molecule has 2 aromatic heterocycles. The molecule has 0 atom stereocenters. The molecule has 7 nitrogen and oxygen atoms in total. The lowest BCUT2D eigenvalue weighted by Gasteiger charge is -2.27. The Kier molecular flexibility index (Phi) is 6.43. The van der Waals surface area contributed by atoms with Crippen molar-refractivity contribution in [2.75, 3.05) is 0 Å². The molecular weight excluding hydrogens is 464 g/mol. The van der Waals surface area contributed by atoms with E-state index >= 15 is 0 Å². The molecule has 180 valence electrons. The van der Waals surface area contributed by atoms with Crippen LogP contribution in [0.15, 0.2) is 42.7 Å². The number of hydrogen-bond acceptors (Lipinski definition) is 5. The van der Waals surface area contributed by atoms with Gasteiger partial charge in [-0.3, -0.25) is 4.79 Å². The monoisotopic (exact) mass is 490 g/mol. The maximum absolute atomic E-state index is 10.9. The summed E-state index contributed by atoms with van der Waals surface area (Å²) in [7, 11) is 0. The van der Waals surface area contributed by atoms with Crippen LogP contribution < -0.4 is 4.74 Å². The molecule has 35 heavy (non-hydrogen) atoms. The first kappa shape index (κ1) is 23.3. The average Bonchev–Trinajstić information content (AvgIpc) is 3.23. The Balaban J connectivity index is 1.27. The SMILES string of the molecule is Cc1cc2nc(-c3ccc(-c4cnc(O[C@H]5CC[C@@H](CC(=O)O)CC5)nc4)cc3Cl)[nH]c2cc1C. The van der Waals surface area contributed by atoms with Gasteiger partial charge in [0.25, 0.3) is 0 Å². The van der Waals surface area contributed by atoms with Crippen molar-refractivity contribution in [1.29, 1.82) is 0 Å². The smallest absolute Gasteiger partial charge is 0.316 e. The number of carbonyl (C=O) groups is 1. The highest BCUT2D eigenvalue weighted by Crippen LogP contribution is 2.33. The number of aryl methyl sites for hydroxylation is 2. The van der Waals surface area contributed by atoms with Crippen LogP contribution in [0.3, 0.4) is 0 Å². The number of rotatable bonds is 6. The minimum atomic E-state index is -0.732. The topological polar surface area (TPSA) is 101 Å². The van der Waals surface area contributed by atoms with Crippen LogP contribution in [-0.2, 0) is 4.79 Å². The van der Waals surface area contributed by atoms with Gasteiger partial charge in [0.2, 0.25) is 0 Å². The summed E-state index contributed by atoms with van der Waals surface area (Å²) in [5.41, 5.74) is 6.91. The van der Waals surface area contributed by atoms with Crippen LogP contribution >= 0.6 is 11.6 Å². The minimum Gasteiger partial charge on any atom is -0.481 e. The Labute approximate surface area is 208 Å². The largest absolute Gasteiger partial charge is 0.481 e. The average molecular weight is 491 g/mol. The number of nitrogens with zero attached hydrogens (tertiary/aromatic N) is 3. The zero-order valence-corrected chi connectivity index (χ0v) is 20.5. The quantitative estimate of drug-likeness (QED) is 0.325. The van der Waals surface area contributed by atoms with E-state index in [2.05, 4.69) is 40.9 Å². The number of carboxylic acids is 1. The molecule has 0 unspecified atom stereocenters. The summed E-state index contributed by atoms with van der Waals surface area (Å²) in [5.74, 6) is 0.236. The molecule has 1 fully saturated rings. The lowest BCUT2D eigenvalue weighted by Crippen LogP contribution is -2.25. The van der Waals surface area contributed by atoms with Crippen LogP contribution in [-0.4, -0.2) is 37.1 Å². The Morgan fingerprint density at radius 3 is 2.46 bits per heavy atom. The van der Waals surface area contributed by atoms with Gasteiger partial charge in [-0.25, -0.2) is 15.0 Å². The van der Waals surface area contributed by atoms with Crippen LogP contribution in [0.4, 0.5) is 0 Å². The number of hydrogen-bond donors (Lipinski definition) is 2.